The highest BCUT2D eigenvalue weighted by molar-refractivity contribution is 6.13. The summed E-state index contributed by atoms with van der Waals surface area (Å²) in [4.78, 5) is 117. The number of cyclic esters (lactones) is 1. The molecule has 19 nitrogen and oxygen atoms in total. The Morgan fingerprint density at radius 1 is 0.881 bits per heavy atom. The van der Waals surface area contributed by atoms with Gasteiger partial charge >= 0.3 is 5.97 Å². The van der Waals surface area contributed by atoms with Crippen LogP contribution in [0.3, 0.4) is 0 Å². The average molecular weight is 815 g/mol. The van der Waals surface area contributed by atoms with Crippen LogP contribution in [0.4, 0.5) is 4.39 Å². The maximum atomic E-state index is 15.2. The number of fused-ring (bicyclic) bond motifs is 5. The van der Waals surface area contributed by atoms with E-state index in [2.05, 4.69) is 26.6 Å². The van der Waals surface area contributed by atoms with E-state index in [9.17, 15) is 48.3 Å². The molecule has 2 atom stereocenters. The van der Waals surface area contributed by atoms with Crippen LogP contribution in [-0.4, -0.2) is 99.6 Å². The average Bonchev–Trinajstić information content (AvgIpc) is 3.75. The van der Waals surface area contributed by atoms with Crippen molar-refractivity contribution in [2.45, 2.75) is 64.3 Å². The number of aromatic nitrogens is 2. The highest BCUT2D eigenvalue weighted by Gasteiger charge is 2.46. The van der Waals surface area contributed by atoms with Crippen molar-refractivity contribution < 1.29 is 52.6 Å². The van der Waals surface area contributed by atoms with Gasteiger partial charge in [0.15, 0.2) is 5.60 Å². The summed E-state index contributed by atoms with van der Waals surface area (Å²) >= 11 is 0. The molecule has 20 heteroatoms. The molecule has 2 aromatic heterocycles. The van der Waals surface area contributed by atoms with E-state index in [0.717, 1.165) is 17.1 Å². The SMILES string of the molecule is CC[C@@]1(O)C(=O)OCc2c1cc1n(c2=O)Cc2c-1nc1cc(F)c(C)c3c1c2[C@@H](NC(=O)CNC(=O)CNC(=O)CNC(=O)CNC(=O)CCN1C(=O)C=CC1=O)CC3. The van der Waals surface area contributed by atoms with Gasteiger partial charge in [-0.1, -0.05) is 6.92 Å². The number of amides is 7. The van der Waals surface area contributed by atoms with Crippen LogP contribution >= 0.6 is 0 Å². The molecule has 3 aliphatic heterocycles. The molecule has 308 valence electrons. The molecule has 1 aliphatic carbocycles. The lowest BCUT2D eigenvalue weighted by Crippen LogP contribution is -2.46. The lowest BCUT2D eigenvalue weighted by atomic mass is 9.81. The van der Waals surface area contributed by atoms with Gasteiger partial charge in [0.1, 0.15) is 12.4 Å². The van der Waals surface area contributed by atoms with Crippen LogP contribution in [0.2, 0.25) is 0 Å². The lowest BCUT2D eigenvalue weighted by Gasteiger charge is -2.31. The molecule has 0 saturated heterocycles. The van der Waals surface area contributed by atoms with Gasteiger partial charge in [-0.3, -0.25) is 43.3 Å². The Hall–Kier alpha value is -6.83. The molecule has 59 heavy (non-hydrogen) atoms. The number of aliphatic hydroxyl groups is 1. The first kappa shape index (κ1) is 40.4. The first-order chi connectivity index (χ1) is 28.1. The second-order valence-electron chi connectivity index (χ2n) is 14.5. The van der Waals surface area contributed by atoms with Gasteiger partial charge < -0.3 is 41.0 Å². The third-order valence-corrected chi connectivity index (χ3v) is 11.0. The number of nitrogens with one attached hydrogen (secondary N) is 5. The third kappa shape index (κ3) is 7.53. The summed E-state index contributed by atoms with van der Waals surface area (Å²) in [5.41, 5.74) is 1.08. The van der Waals surface area contributed by atoms with Crippen LogP contribution in [-0.2, 0) is 68.3 Å². The van der Waals surface area contributed by atoms with Crippen molar-refractivity contribution in [3.05, 3.63) is 73.8 Å². The van der Waals surface area contributed by atoms with Crippen molar-refractivity contribution >= 4 is 58.2 Å². The Labute approximate surface area is 333 Å². The van der Waals surface area contributed by atoms with Gasteiger partial charge in [-0.2, -0.15) is 0 Å². The molecule has 0 bridgehead atoms. The molecule has 3 aromatic rings. The Balaban J connectivity index is 0.957. The smallest absolute Gasteiger partial charge is 0.343 e. The second-order valence-corrected chi connectivity index (χ2v) is 14.5. The number of ether oxygens (including phenoxy) is 1. The molecule has 7 amide bonds. The monoisotopic (exact) mass is 814 g/mol. The number of halogens is 1. The standard InChI is InChI=1S/C39H39FN8O11/c1-3-39(58)22-10-26-36-20(16-48(26)37(56)21(22)17-59-38(39)57)35-24(5-4-19-18(2)23(40)11-25(46-36)34(19)35)45-31(53)15-44-30(52)14-43-29(51)13-42-28(50)12-41-27(49)8-9-47-32(54)6-7-33(47)55/h6-7,10-11,24,58H,3-5,8-9,12-17H2,1-2H3,(H,41,49)(H,42,50)(H,43,51)(H,44,52)(H,45,53)/t24-,39-/m0/s1. The number of aryl methyl sites for hydroxylation is 1. The number of imide groups is 1. The van der Waals surface area contributed by atoms with Crippen LogP contribution in [0.5, 0.6) is 0 Å². The highest BCUT2D eigenvalue weighted by Crippen LogP contribution is 2.46. The maximum absolute atomic E-state index is 15.2. The van der Waals surface area contributed by atoms with E-state index in [1.54, 1.807) is 19.9 Å². The number of carbonyl (C=O) groups is 8. The Morgan fingerprint density at radius 3 is 2.12 bits per heavy atom. The summed E-state index contributed by atoms with van der Waals surface area (Å²) in [6.45, 7) is 0.822. The minimum absolute atomic E-state index is 0.0462. The number of rotatable bonds is 13. The van der Waals surface area contributed by atoms with Crippen LogP contribution in [0.25, 0.3) is 22.3 Å². The maximum Gasteiger partial charge on any atom is 0.343 e. The number of esters is 1. The van der Waals surface area contributed by atoms with Crippen LogP contribution in [0, 0.1) is 12.7 Å². The first-order valence-electron chi connectivity index (χ1n) is 18.8. The fourth-order valence-corrected chi connectivity index (χ4v) is 7.80. The summed E-state index contributed by atoms with van der Waals surface area (Å²) in [5.74, 6) is -5.75. The van der Waals surface area contributed by atoms with Crippen molar-refractivity contribution in [3.63, 3.8) is 0 Å². The van der Waals surface area contributed by atoms with Gasteiger partial charge in [-0.05, 0) is 48.9 Å². The van der Waals surface area contributed by atoms with Crippen molar-refractivity contribution in [2.75, 3.05) is 32.7 Å². The number of nitrogens with zero attached hydrogens (tertiary/aromatic N) is 3. The van der Waals surface area contributed by atoms with Crippen LogP contribution < -0.4 is 32.1 Å². The van der Waals surface area contributed by atoms with E-state index in [1.807, 2.05) is 0 Å². The van der Waals surface area contributed by atoms with Gasteiger partial charge in [0.25, 0.3) is 17.4 Å². The van der Waals surface area contributed by atoms with E-state index in [1.165, 1.54) is 10.6 Å². The normalized spacial score (nSPS) is 18.5. The van der Waals surface area contributed by atoms with Gasteiger partial charge in [0.05, 0.1) is 61.2 Å². The van der Waals surface area contributed by atoms with E-state index >= 15 is 4.39 Å². The number of hydrogen-bond acceptors (Lipinski definition) is 12. The first-order valence-corrected chi connectivity index (χ1v) is 18.8. The molecular weight excluding hydrogens is 775 g/mol. The van der Waals surface area contributed by atoms with Crippen molar-refractivity contribution in [3.8, 4) is 11.4 Å². The third-order valence-electron chi connectivity index (χ3n) is 11.0. The molecule has 6 N–H and O–H groups in total. The largest absolute Gasteiger partial charge is 0.458 e. The quantitative estimate of drug-likeness (QED) is 0.0660. The lowest BCUT2D eigenvalue weighted by molar-refractivity contribution is -0.172. The van der Waals surface area contributed by atoms with Crippen LogP contribution in [0.1, 0.15) is 65.6 Å². The summed E-state index contributed by atoms with van der Waals surface area (Å²) in [6.07, 6.45) is 2.64. The van der Waals surface area contributed by atoms with E-state index < -0.39 is 96.5 Å². The van der Waals surface area contributed by atoms with Gasteiger partial charge in [0.2, 0.25) is 29.5 Å². The van der Waals surface area contributed by atoms with Crippen LogP contribution in [0.15, 0.2) is 29.1 Å². The molecule has 0 saturated carbocycles. The minimum Gasteiger partial charge on any atom is -0.458 e. The minimum atomic E-state index is -2.05. The molecule has 5 heterocycles. The van der Waals surface area contributed by atoms with Crippen molar-refractivity contribution in [2.24, 2.45) is 0 Å². The van der Waals surface area contributed by atoms with E-state index in [4.69, 9.17) is 9.72 Å². The molecule has 0 unspecified atom stereocenters. The van der Waals surface area contributed by atoms with Crippen molar-refractivity contribution in [1.82, 2.24) is 41.0 Å². The highest BCUT2D eigenvalue weighted by atomic mass is 19.1. The second kappa shape index (κ2) is 15.8. The molecule has 0 spiro atoms. The van der Waals surface area contributed by atoms with Gasteiger partial charge in [0, 0.05) is 47.7 Å². The Bertz CT molecular complexity index is 2480. The summed E-state index contributed by atoms with van der Waals surface area (Å²) in [6, 6.07) is 2.20. The molecular formula is C39H39FN8O11. The summed E-state index contributed by atoms with van der Waals surface area (Å²) < 4.78 is 21.9. The predicted octanol–water partition coefficient (Wildman–Crippen LogP) is -1.59. The summed E-state index contributed by atoms with van der Waals surface area (Å²) in [5, 5.41) is 24.2. The van der Waals surface area contributed by atoms with E-state index in [0.29, 0.717) is 57.4 Å². The zero-order valence-electron chi connectivity index (χ0n) is 31.9. The Kier molecular flexibility index (Phi) is 10.8. The van der Waals surface area contributed by atoms with Gasteiger partial charge in [-0.15, -0.1) is 0 Å². The Morgan fingerprint density at radius 2 is 1.49 bits per heavy atom. The number of carbonyl (C=O) groups excluding carboxylic acids is 8. The topological polar surface area (TPSA) is 264 Å². The van der Waals surface area contributed by atoms with Crippen molar-refractivity contribution in [1.29, 1.82) is 0 Å². The molecule has 7 rings (SSSR count). The number of pyridine rings is 2. The molecule has 4 aliphatic rings. The van der Waals surface area contributed by atoms with E-state index in [-0.39, 0.29) is 43.7 Å². The summed E-state index contributed by atoms with van der Waals surface area (Å²) in [7, 11) is 0. The predicted molar refractivity (Wildman–Crippen MR) is 201 cm³/mol. The number of benzene rings is 1. The molecule has 1 aromatic carbocycles. The number of hydrogen-bond donors (Lipinski definition) is 6. The zero-order chi connectivity index (χ0) is 42.3. The molecule has 0 radical (unpaired) electrons. The zero-order valence-corrected chi connectivity index (χ0v) is 31.9. The fraction of sp³-hybridized carbons (Fsp3) is 0.385. The molecule has 0 fully saturated rings. The fourth-order valence-electron chi connectivity index (χ4n) is 7.80. The van der Waals surface area contributed by atoms with Gasteiger partial charge in [-0.25, -0.2) is 14.2 Å².